The number of esters is 4. The molecule has 0 aromatic carbocycles. The van der Waals surface area contributed by atoms with Gasteiger partial charge in [0.1, 0.15) is 19.3 Å². The van der Waals surface area contributed by atoms with E-state index in [0.717, 1.165) is 102 Å². The van der Waals surface area contributed by atoms with Crippen LogP contribution in [0.15, 0.2) is 0 Å². The Labute approximate surface area is 658 Å². The van der Waals surface area contributed by atoms with Crippen LogP contribution in [-0.2, 0) is 65.4 Å². The number of aliphatic hydroxyl groups is 1. The van der Waals surface area contributed by atoms with Gasteiger partial charge in [0.05, 0.1) is 26.4 Å². The molecule has 17 nitrogen and oxygen atoms in total. The van der Waals surface area contributed by atoms with Crippen molar-refractivity contribution in [2.45, 2.75) is 490 Å². The Morgan fingerprint density at radius 1 is 0.271 bits per heavy atom. The molecule has 0 saturated carbocycles. The lowest BCUT2D eigenvalue weighted by molar-refractivity contribution is -0.161. The van der Waals surface area contributed by atoms with Crippen molar-refractivity contribution in [3.63, 3.8) is 0 Å². The van der Waals surface area contributed by atoms with E-state index in [4.69, 9.17) is 37.0 Å². The molecule has 6 atom stereocenters. The molecule has 0 aromatic heterocycles. The van der Waals surface area contributed by atoms with Gasteiger partial charge >= 0.3 is 39.5 Å². The van der Waals surface area contributed by atoms with Gasteiger partial charge < -0.3 is 33.8 Å². The number of carbonyl (C=O) groups is 4. The zero-order chi connectivity index (χ0) is 78.5. The molecule has 0 spiro atoms. The molecule has 0 heterocycles. The molecule has 0 rings (SSSR count). The maximum absolute atomic E-state index is 13.2. The van der Waals surface area contributed by atoms with E-state index in [1.165, 1.54) is 289 Å². The van der Waals surface area contributed by atoms with Crippen molar-refractivity contribution in [1.82, 2.24) is 0 Å². The molecule has 0 aliphatic carbocycles. The summed E-state index contributed by atoms with van der Waals surface area (Å²) in [7, 11) is -9.93. The Morgan fingerprint density at radius 3 is 0.710 bits per heavy atom. The number of hydrogen-bond donors (Lipinski definition) is 3. The van der Waals surface area contributed by atoms with Crippen LogP contribution < -0.4 is 0 Å². The van der Waals surface area contributed by atoms with Crippen LogP contribution in [0.25, 0.3) is 0 Å². The number of unbranched alkanes of at least 4 members (excludes halogenated alkanes) is 56. The second-order valence-electron chi connectivity index (χ2n) is 32.4. The predicted octanol–water partition coefficient (Wildman–Crippen LogP) is 27.0. The van der Waals surface area contributed by atoms with Crippen LogP contribution in [-0.4, -0.2) is 96.7 Å². The highest BCUT2D eigenvalue weighted by molar-refractivity contribution is 7.47. The average molecular weight is 1560 g/mol. The smallest absolute Gasteiger partial charge is 0.462 e. The van der Waals surface area contributed by atoms with Gasteiger partial charge in [-0.3, -0.25) is 37.3 Å². The van der Waals surface area contributed by atoms with Crippen LogP contribution >= 0.6 is 15.6 Å². The highest BCUT2D eigenvalue weighted by atomic mass is 31.2. The molecule has 19 heteroatoms. The molecule has 0 aromatic rings. The summed E-state index contributed by atoms with van der Waals surface area (Å²) in [5, 5.41) is 10.7. The third kappa shape index (κ3) is 80.5. The van der Waals surface area contributed by atoms with Crippen LogP contribution in [0.3, 0.4) is 0 Å². The van der Waals surface area contributed by atoms with Crippen LogP contribution in [0.2, 0.25) is 0 Å². The minimum absolute atomic E-state index is 0.108. The molecule has 0 amide bonds. The van der Waals surface area contributed by atoms with E-state index in [2.05, 4.69) is 41.5 Å². The van der Waals surface area contributed by atoms with Gasteiger partial charge in [-0.25, -0.2) is 9.13 Å². The number of ether oxygens (including phenoxy) is 4. The molecule has 0 radical (unpaired) electrons. The minimum atomic E-state index is -4.97. The topological polar surface area (TPSA) is 237 Å². The van der Waals surface area contributed by atoms with Crippen molar-refractivity contribution in [2.24, 2.45) is 11.8 Å². The van der Waals surface area contributed by atoms with E-state index in [1.54, 1.807) is 0 Å². The van der Waals surface area contributed by atoms with Crippen LogP contribution in [0, 0.1) is 11.8 Å². The summed E-state index contributed by atoms with van der Waals surface area (Å²) in [5.74, 6) is -0.508. The summed E-state index contributed by atoms with van der Waals surface area (Å²) < 4.78 is 69.0. The van der Waals surface area contributed by atoms with Crippen LogP contribution in [0.4, 0.5) is 0 Å². The Morgan fingerprint density at radius 2 is 0.477 bits per heavy atom. The number of rotatable bonds is 87. The van der Waals surface area contributed by atoms with Crippen molar-refractivity contribution in [1.29, 1.82) is 0 Å². The fraction of sp³-hybridized carbons (Fsp3) is 0.955. The zero-order valence-electron chi connectivity index (χ0n) is 70.5. The van der Waals surface area contributed by atoms with Crippen molar-refractivity contribution in [2.75, 3.05) is 39.6 Å². The summed E-state index contributed by atoms with van der Waals surface area (Å²) in [4.78, 5) is 73.3. The first kappa shape index (κ1) is 105. The Hall–Kier alpha value is -1.94. The van der Waals surface area contributed by atoms with E-state index < -0.39 is 97.5 Å². The largest absolute Gasteiger partial charge is 0.472 e. The van der Waals surface area contributed by atoms with Gasteiger partial charge in [-0.2, -0.15) is 0 Å². The monoisotopic (exact) mass is 1560 g/mol. The molecule has 0 aliphatic rings. The van der Waals surface area contributed by atoms with Gasteiger partial charge in [0.25, 0.3) is 0 Å². The molecule has 107 heavy (non-hydrogen) atoms. The normalized spacial score (nSPS) is 14.0. The van der Waals surface area contributed by atoms with Crippen molar-refractivity contribution >= 4 is 39.5 Å². The van der Waals surface area contributed by atoms with Crippen LogP contribution in [0.5, 0.6) is 0 Å². The van der Waals surface area contributed by atoms with E-state index in [-0.39, 0.29) is 25.7 Å². The third-order valence-corrected chi connectivity index (χ3v) is 23.0. The summed E-state index contributed by atoms with van der Waals surface area (Å²) in [6, 6.07) is 0. The first-order valence-electron chi connectivity index (χ1n) is 45.5. The molecule has 636 valence electrons. The molecule has 0 saturated heterocycles. The molecule has 0 aliphatic heterocycles. The predicted molar refractivity (Wildman–Crippen MR) is 442 cm³/mol. The van der Waals surface area contributed by atoms with Gasteiger partial charge in [-0.15, -0.1) is 0 Å². The fourth-order valence-corrected chi connectivity index (χ4v) is 15.3. The summed E-state index contributed by atoms with van der Waals surface area (Å²) in [5.41, 5.74) is 0. The highest BCUT2D eigenvalue weighted by Crippen LogP contribution is 2.45. The summed E-state index contributed by atoms with van der Waals surface area (Å²) in [6.45, 7) is 9.72. The summed E-state index contributed by atoms with van der Waals surface area (Å²) >= 11 is 0. The number of carbonyl (C=O) groups excluding carboxylic acids is 4. The molecule has 0 fully saturated rings. The van der Waals surface area contributed by atoms with Crippen LogP contribution in [0.1, 0.15) is 472 Å². The Balaban J connectivity index is 5.26. The number of phosphoric ester groups is 2. The lowest BCUT2D eigenvalue weighted by atomic mass is 9.99. The summed E-state index contributed by atoms with van der Waals surface area (Å²) in [6.07, 6.45) is 72.1. The second-order valence-corrected chi connectivity index (χ2v) is 35.3. The average Bonchev–Trinajstić information content (AvgIpc) is 0.903. The second kappa shape index (κ2) is 79.3. The molecule has 0 bridgehead atoms. The Kier molecular flexibility index (Phi) is 77.9. The Bertz CT molecular complexity index is 2050. The lowest BCUT2D eigenvalue weighted by Crippen LogP contribution is -2.30. The van der Waals surface area contributed by atoms with Gasteiger partial charge in [-0.05, 0) is 37.5 Å². The first-order chi connectivity index (χ1) is 51.9. The number of hydrogen-bond acceptors (Lipinski definition) is 15. The van der Waals surface area contributed by atoms with Gasteiger partial charge in [-0.1, -0.05) is 420 Å². The lowest BCUT2D eigenvalue weighted by Gasteiger charge is -2.21. The number of phosphoric acid groups is 2. The van der Waals surface area contributed by atoms with Crippen molar-refractivity contribution in [3.8, 4) is 0 Å². The van der Waals surface area contributed by atoms with E-state index in [0.29, 0.717) is 25.7 Å². The minimum Gasteiger partial charge on any atom is -0.462 e. The van der Waals surface area contributed by atoms with Gasteiger partial charge in [0, 0.05) is 25.7 Å². The van der Waals surface area contributed by atoms with Crippen molar-refractivity contribution in [3.05, 3.63) is 0 Å². The maximum Gasteiger partial charge on any atom is 0.472 e. The third-order valence-electron chi connectivity index (χ3n) is 21.1. The number of aliphatic hydroxyl groups excluding tert-OH is 1. The standard InChI is InChI=1S/C88H172O17P2/c1-7-10-12-14-16-18-20-22-24-26-27-28-29-35-39-43-47-55-61-67-73-87(92)104-83(76-98-85(90)70-64-58-52-45-41-37-34-31-30-32-36-40-44-50-56-62-68-80(4)5)78-102-106(94,95)100-74-82(89)75-101-107(96,97)103-79-84(77-99-86(91)71-65-59-53-49-48-51-57-63-69-81(6)9-3)105-88(93)72-66-60-54-46-42-38-33-25-23-21-19-17-15-13-11-8-2/h80-84,89H,7-79H2,1-6H3,(H,94,95)(H,96,97)/t81?,82-,83-,84-/m1/s1. The van der Waals surface area contributed by atoms with E-state index in [1.807, 2.05) is 0 Å². The molecule has 3 N–H and O–H groups in total. The van der Waals surface area contributed by atoms with Gasteiger partial charge in [0.2, 0.25) is 0 Å². The van der Waals surface area contributed by atoms with Crippen molar-refractivity contribution < 1.29 is 80.2 Å². The fourth-order valence-electron chi connectivity index (χ4n) is 13.7. The first-order valence-corrected chi connectivity index (χ1v) is 48.5. The highest BCUT2D eigenvalue weighted by Gasteiger charge is 2.31. The van der Waals surface area contributed by atoms with Gasteiger partial charge in [0.15, 0.2) is 12.2 Å². The molecule has 3 unspecified atom stereocenters. The quantitative estimate of drug-likeness (QED) is 0.0222. The SMILES string of the molecule is CCCCCCCCCCCCCCCCCCCCCCC(=O)O[C@H](COC(=O)CCCCCCCCCCCCCCCCCCC(C)C)COP(=O)(O)OC[C@@H](O)COP(=O)(O)OC[C@@H](COC(=O)CCCCCCCCCCC(C)CC)OC(=O)CCCCCCCCCCCCCCCCCC. The van der Waals surface area contributed by atoms with E-state index in [9.17, 15) is 43.2 Å². The molecular formula is C88H172O17P2. The zero-order valence-corrected chi connectivity index (χ0v) is 72.2. The maximum atomic E-state index is 13.2. The van der Waals surface area contributed by atoms with E-state index >= 15 is 0 Å². The molecular weight excluding hydrogens is 1390 g/mol.